The van der Waals surface area contributed by atoms with Crippen LogP contribution < -0.4 is 10.6 Å². The predicted molar refractivity (Wildman–Crippen MR) is 86.4 cm³/mol. The number of methoxy groups -OCH3 is 1. The zero-order valence-corrected chi connectivity index (χ0v) is 13.3. The Morgan fingerprint density at radius 3 is 3.12 bits per heavy atom. The largest absolute Gasteiger partial charge is 0.469 e. The highest BCUT2D eigenvalue weighted by atomic mass is 16.5. The number of carbonyl (C=O) groups excluding carboxylic acids is 2. The molecule has 8 heteroatoms. The Morgan fingerprint density at radius 1 is 1.42 bits per heavy atom. The predicted octanol–water partition coefficient (Wildman–Crippen LogP) is 1.72. The van der Waals surface area contributed by atoms with E-state index in [4.69, 9.17) is 0 Å². The van der Waals surface area contributed by atoms with Gasteiger partial charge >= 0.3 is 12.0 Å². The fourth-order valence-corrected chi connectivity index (χ4v) is 2.79. The zero-order chi connectivity index (χ0) is 16.9. The zero-order valence-electron chi connectivity index (χ0n) is 13.3. The lowest BCUT2D eigenvalue weighted by Crippen LogP contribution is -2.34. The minimum absolute atomic E-state index is 0.0633. The minimum Gasteiger partial charge on any atom is -0.469 e. The van der Waals surface area contributed by atoms with Crippen LogP contribution in [0.2, 0.25) is 0 Å². The average molecular weight is 329 g/mol. The van der Waals surface area contributed by atoms with Gasteiger partial charge in [0, 0.05) is 0 Å². The lowest BCUT2D eigenvalue weighted by molar-refractivity contribution is -0.139. The number of urea groups is 1. The van der Waals surface area contributed by atoms with E-state index in [1.54, 1.807) is 24.4 Å². The number of amides is 2. The molecule has 1 aliphatic carbocycles. The molecule has 2 heterocycles. The second-order valence-electron chi connectivity index (χ2n) is 5.62. The Balaban J connectivity index is 1.62. The van der Waals surface area contributed by atoms with Crippen molar-refractivity contribution in [3.8, 4) is 0 Å². The van der Waals surface area contributed by atoms with Crippen molar-refractivity contribution >= 4 is 17.8 Å². The van der Waals surface area contributed by atoms with Gasteiger partial charge in [0.2, 0.25) is 0 Å². The number of esters is 1. The summed E-state index contributed by atoms with van der Waals surface area (Å²) < 4.78 is 4.61. The van der Waals surface area contributed by atoms with Gasteiger partial charge in [-0.15, -0.1) is 0 Å². The average Bonchev–Trinajstić information content (AvgIpc) is 3.04. The summed E-state index contributed by atoms with van der Waals surface area (Å²) in [6, 6.07) is 4.68. The molecule has 1 aliphatic rings. The van der Waals surface area contributed by atoms with Crippen LogP contribution in [0, 0.1) is 0 Å². The number of nitrogens with zero attached hydrogens (tertiary/aromatic N) is 2. The number of ether oxygens (including phenoxy) is 1. The van der Waals surface area contributed by atoms with Gasteiger partial charge in [-0.3, -0.25) is 15.2 Å². The van der Waals surface area contributed by atoms with Crippen molar-refractivity contribution in [2.45, 2.75) is 31.7 Å². The second-order valence-corrected chi connectivity index (χ2v) is 5.62. The Hall–Kier alpha value is -2.90. The van der Waals surface area contributed by atoms with Crippen molar-refractivity contribution in [2.75, 3.05) is 12.4 Å². The number of aromatic amines is 1. The van der Waals surface area contributed by atoms with Gasteiger partial charge in [0.1, 0.15) is 5.82 Å². The van der Waals surface area contributed by atoms with Crippen molar-refractivity contribution < 1.29 is 14.3 Å². The van der Waals surface area contributed by atoms with Gasteiger partial charge in [0.15, 0.2) is 0 Å². The van der Waals surface area contributed by atoms with E-state index in [-0.39, 0.29) is 24.5 Å². The molecule has 0 aromatic carbocycles. The third-order valence-corrected chi connectivity index (χ3v) is 3.95. The number of anilines is 1. The smallest absolute Gasteiger partial charge is 0.320 e. The summed E-state index contributed by atoms with van der Waals surface area (Å²) in [4.78, 5) is 27.7. The third kappa shape index (κ3) is 3.70. The topological polar surface area (TPSA) is 109 Å². The van der Waals surface area contributed by atoms with Gasteiger partial charge in [-0.05, 0) is 37.0 Å². The first kappa shape index (κ1) is 16.0. The van der Waals surface area contributed by atoms with E-state index in [9.17, 15) is 9.59 Å². The molecule has 0 bridgehead atoms. The van der Waals surface area contributed by atoms with Crippen molar-refractivity contribution in [1.82, 2.24) is 20.5 Å². The molecule has 2 aromatic heterocycles. The molecule has 1 atom stereocenters. The monoisotopic (exact) mass is 329 g/mol. The number of carbonyl (C=O) groups is 2. The van der Waals surface area contributed by atoms with E-state index in [1.807, 2.05) is 0 Å². The number of aryl methyl sites for hydroxylation is 1. The molecule has 0 spiro atoms. The molecule has 3 rings (SSSR count). The summed E-state index contributed by atoms with van der Waals surface area (Å²) in [5.74, 6) is 0.00706. The van der Waals surface area contributed by atoms with E-state index in [0.717, 1.165) is 30.5 Å². The first-order valence-corrected chi connectivity index (χ1v) is 7.78. The highest BCUT2D eigenvalue weighted by Gasteiger charge is 2.23. The second kappa shape index (κ2) is 7.12. The van der Waals surface area contributed by atoms with E-state index in [1.165, 1.54) is 7.11 Å². The van der Waals surface area contributed by atoms with Gasteiger partial charge in [-0.25, -0.2) is 9.78 Å². The van der Waals surface area contributed by atoms with E-state index in [2.05, 4.69) is 30.6 Å². The normalized spacial score (nSPS) is 16.1. The van der Waals surface area contributed by atoms with Crippen LogP contribution in [0.15, 0.2) is 24.4 Å². The van der Waals surface area contributed by atoms with Crippen LogP contribution in [0.1, 0.15) is 35.8 Å². The van der Waals surface area contributed by atoms with Crippen LogP contribution in [-0.4, -0.2) is 34.3 Å². The summed E-state index contributed by atoms with van der Waals surface area (Å²) in [6.45, 7) is 0. The van der Waals surface area contributed by atoms with E-state index < -0.39 is 0 Å². The summed E-state index contributed by atoms with van der Waals surface area (Å²) >= 11 is 0. The molecule has 0 radical (unpaired) electrons. The highest BCUT2D eigenvalue weighted by molar-refractivity contribution is 5.88. The number of rotatable bonds is 4. The van der Waals surface area contributed by atoms with E-state index >= 15 is 0 Å². The van der Waals surface area contributed by atoms with Crippen LogP contribution >= 0.6 is 0 Å². The molecular weight excluding hydrogens is 310 g/mol. The minimum atomic E-state index is -0.377. The number of hydrogen-bond acceptors (Lipinski definition) is 5. The SMILES string of the molecule is COC(=O)Cc1cccc(NC(=O)N[C@H]2CCCc3cn[nH]c32)n1. The van der Waals surface area contributed by atoms with Gasteiger partial charge in [0.25, 0.3) is 0 Å². The molecule has 2 amide bonds. The van der Waals surface area contributed by atoms with Crippen LogP contribution in [0.25, 0.3) is 0 Å². The Kier molecular flexibility index (Phi) is 4.74. The Labute approximate surface area is 139 Å². The lowest BCUT2D eigenvalue weighted by Gasteiger charge is -2.22. The van der Waals surface area contributed by atoms with Gasteiger partial charge in [0.05, 0.1) is 37.2 Å². The maximum atomic E-state index is 12.2. The summed E-state index contributed by atoms with van der Waals surface area (Å²) in [5, 5.41) is 12.6. The quantitative estimate of drug-likeness (QED) is 0.740. The molecule has 126 valence electrons. The van der Waals surface area contributed by atoms with Crippen molar-refractivity contribution in [2.24, 2.45) is 0 Å². The molecule has 0 aliphatic heterocycles. The summed E-state index contributed by atoms with van der Waals surface area (Å²) in [7, 11) is 1.33. The number of hydrogen-bond donors (Lipinski definition) is 3. The first-order valence-electron chi connectivity index (χ1n) is 7.78. The van der Waals surface area contributed by atoms with Crippen molar-refractivity contribution in [3.63, 3.8) is 0 Å². The Morgan fingerprint density at radius 2 is 2.29 bits per heavy atom. The fraction of sp³-hybridized carbons (Fsp3) is 0.375. The molecule has 0 unspecified atom stereocenters. The number of pyridine rings is 1. The number of fused-ring (bicyclic) bond motifs is 1. The molecule has 3 N–H and O–H groups in total. The van der Waals surface area contributed by atoms with Gasteiger partial charge in [-0.1, -0.05) is 6.07 Å². The highest BCUT2D eigenvalue weighted by Crippen LogP contribution is 2.27. The number of aromatic nitrogens is 3. The summed E-state index contributed by atoms with van der Waals surface area (Å²) in [6.07, 6.45) is 4.71. The van der Waals surface area contributed by atoms with Crippen LogP contribution in [0.4, 0.5) is 10.6 Å². The number of nitrogens with one attached hydrogen (secondary N) is 3. The molecule has 8 nitrogen and oxygen atoms in total. The standard InChI is InChI=1S/C16H19N5O3/c1-24-14(22)8-11-5-3-7-13(18-11)20-16(23)19-12-6-2-4-10-9-17-21-15(10)12/h3,5,7,9,12H,2,4,6,8H2,1H3,(H,17,21)(H2,18,19,20,23)/t12-/m0/s1. The van der Waals surface area contributed by atoms with Crippen LogP contribution in [-0.2, 0) is 22.4 Å². The van der Waals surface area contributed by atoms with Crippen LogP contribution in [0.3, 0.4) is 0 Å². The van der Waals surface area contributed by atoms with Crippen molar-refractivity contribution in [3.05, 3.63) is 41.3 Å². The molecule has 0 saturated heterocycles. The molecule has 24 heavy (non-hydrogen) atoms. The van der Waals surface area contributed by atoms with Gasteiger partial charge < -0.3 is 10.1 Å². The Bertz CT molecular complexity index is 743. The third-order valence-electron chi connectivity index (χ3n) is 3.95. The fourth-order valence-electron chi connectivity index (χ4n) is 2.79. The molecule has 2 aromatic rings. The first-order chi connectivity index (χ1) is 11.7. The molecular formula is C16H19N5O3. The molecule has 0 fully saturated rings. The maximum Gasteiger partial charge on any atom is 0.320 e. The van der Waals surface area contributed by atoms with Crippen molar-refractivity contribution in [1.29, 1.82) is 0 Å². The van der Waals surface area contributed by atoms with Crippen LogP contribution in [0.5, 0.6) is 0 Å². The summed E-state index contributed by atoms with van der Waals surface area (Å²) in [5.41, 5.74) is 2.64. The maximum absolute atomic E-state index is 12.2. The molecule has 0 saturated carbocycles. The van der Waals surface area contributed by atoms with E-state index in [0.29, 0.717) is 11.5 Å². The number of H-pyrrole nitrogens is 1. The van der Waals surface area contributed by atoms with Gasteiger partial charge in [-0.2, -0.15) is 5.10 Å². The lowest BCUT2D eigenvalue weighted by atomic mass is 9.94.